The Morgan fingerprint density at radius 3 is 1.92 bits per heavy atom. The first-order chi connectivity index (χ1) is 18.0. The minimum atomic E-state index is -1.15. The fraction of sp³-hybridized carbons (Fsp3) is 0.519. The Morgan fingerprint density at radius 2 is 1.39 bits per heavy atom. The van der Waals surface area contributed by atoms with E-state index in [0.29, 0.717) is 12.1 Å². The fourth-order valence-corrected chi connectivity index (χ4v) is 4.02. The lowest BCUT2D eigenvalue weighted by Gasteiger charge is -2.26. The second-order valence-corrected chi connectivity index (χ2v) is 10.4. The number of nitrogens with zero attached hydrogens (tertiary/aromatic N) is 1. The average molecular weight is 529 g/mol. The monoisotopic (exact) mass is 528 g/mol. The minimum Gasteiger partial charge on any atom is -0.480 e. The fourth-order valence-electron chi connectivity index (χ4n) is 4.02. The quantitative estimate of drug-likeness (QED) is 0.201. The summed E-state index contributed by atoms with van der Waals surface area (Å²) in [6, 6.07) is 5.03. The van der Waals surface area contributed by atoms with Gasteiger partial charge in [-0.15, -0.1) is 0 Å². The number of carboxylic acids is 1. The summed E-state index contributed by atoms with van der Waals surface area (Å²) >= 11 is 0. The molecular weight excluding hydrogens is 488 g/mol. The summed E-state index contributed by atoms with van der Waals surface area (Å²) in [6.45, 7) is 7.60. The second-order valence-electron chi connectivity index (χ2n) is 10.4. The molecule has 0 fully saturated rings. The van der Waals surface area contributed by atoms with E-state index >= 15 is 0 Å². The normalized spacial score (nSPS) is 14.4. The van der Waals surface area contributed by atoms with Crippen LogP contribution in [0.25, 0.3) is 0 Å². The predicted octanol–water partition coefficient (Wildman–Crippen LogP) is 1.15. The van der Waals surface area contributed by atoms with Crippen molar-refractivity contribution in [2.45, 2.75) is 77.5 Å². The molecule has 0 saturated heterocycles. The number of aliphatic carboxylic acids is 1. The first-order valence-corrected chi connectivity index (χ1v) is 12.9. The van der Waals surface area contributed by atoms with Crippen LogP contribution in [0.5, 0.6) is 0 Å². The molecule has 38 heavy (non-hydrogen) atoms. The highest BCUT2D eigenvalue weighted by Crippen LogP contribution is 2.09. The summed E-state index contributed by atoms with van der Waals surface area (Å²) < 4.78 is 0. The number of carbonyl (C=O) groups is 4. The number of nitrogens with two attached hydrogens (primary N) is 1. The van der Waals surface area contributed by atoms with Crippen molar-refractivity contribution in [3.63, 3.8) is 0 Å². The van der Waals surface area contributed by atoms with Crippen LogP contribution in [0.2, 0.25) is 0 Å². The van der Waals surface area contributed by atoms with E-state index in [4.69, 9.17) is 5.73 Å². The average Bonchev–Trinajstić information content (AvgIpc) is 3.35. The number of rotatable bonds is 15. The van der Waals surface area contributed by atoms with Gasteiger partial charge in [-0.3, -0.25) is 14.4 Å². The van der Waals surface area contributed by atoms with Gasteiger partial charge in [0.1, 0.15) is 18.1 Å². The van der Waals surface area contributed by atoms with Crippen LogP contribution >= 0.6 is 0 Å². The predicted molar refractivity (Wildman–Crippen MR) is 143 cm³/mol. The third-order valence-corrected chi connectivity index (χ3v) is 5.91. The number of imidazole rings is 1. The maximum absolute atomic E-state index is 13.5. The number of carbonyl (C=O) groups excluding carboxylic acids is 3. The number of benzene rings is 1. The van der Waals surface area contributed by atoms with E-state index in [1.165, 1.54) is 12.5 Å². The number of aromatic nitrogens is 2. The van der Waals surface area contributed by atoms with Crippen LogP contribution in [0, 0.1) is 11.8 Å². The van der Waals surface area contributed by atoms with Crippen molar-refractivity contribution in [1.29, 1.82) is 0 Å². The Morgan fingerprint density at radius 1 is 0.842 bits per heavy atom. The molecule has 0 bridgehead atoms. The lowest BCUT2D eigenvalue weighted by atomic mass is 10.0. The molecule has 0 radical (unpaired) electrons. The highest BCUT2D eigenvalue weighted by atomic mass is 16.4. The Balaban J connectivity index is 2.26. The molecule has 0 aliphatic heterocycles. The summed E-state index contributed by atoms with van der Waals surface area (Å²) in [5, 5.41) is 17.6. The molecule has 2 aromatic rings. The van der Waals surface area contributed by atoms with Gasteiger partial charge in [-0.05, 0) is 30.2 Å². The Hall–Kier alpha value is -3.73. The Bertz CT molecular complexity index is 1040. The molecule has 11 nitrogen and oxygen atoms in total. The van der Waals surface area contributed by atoms with E-state index in [-0.39, 0.29) is 31.1 Å². The van der Waals surface area contributed by atoms with Crippen molar-refractivity contribution in [3.8, 4) is 0 Å². The van der Waals surface area contributed by atoms with Crippen LogP contribution in [0.15, 0.2) is 42.9 Å². The van der Waals surface area contributed by atoms with Crippen molar-refractivity contribution >= 4 is 23.7 Å². The van der Waals surface area contributed by atoms with Crippen LogP contribution < -0.4 is 21.7 Å². The third kappa shape index (κ3) is 10.3. The maximum atomic E-state index is 13.5. The molecule has 0 saturated carbocycles. The molecule has 1 aromatic carbocycles. The smallest absolute Gasteiger partial charge is 0.326 e. The van der Waals surface area contributed by atoms with Gasteiger partial charge in [0, 0.05) is 24.7 Å². The van der Waals surface area contributed by atoms with Gasteiger partial charge in [-0.1, -0.05) is 58.0 Å². The van der Waals surface area contributed by atoms with Crippen molar-refractivity contribution in [1.82, 2.24) is 25.9 Å². The van der Waals surface area contributed by atoms with Crippen molar-refractivity contribution in [2.24, 2.45) is 17.6 Å². The van der Waals surface area contributed by atoms with Gasteiger partial charge in [0.25, 0.3) is 0 Å². The zero-order valence-corrected chi connectivity index (χ0v) is 22.4. The van der Waals surface area contributed by atoms with Crippen LogP contribution in [0.3, 0.4) is 0 Å². The van der Waals surface area contributed by atoms with Gasteiger partial charge in [0.05, 0.1) is 12.4 Å². The standard InChI is InChI=1S/C27H40N6O5/c1-16(2)10-20(28)24(34)31-22(13-19-14-29-15-30-19)26(36)32-21(12-18-8-6-5-7-9-18)25(35)33-23(27(37)38)11-17(3)4/h5-9,14-17,20-23H,10-13,28H2,1-4H3,(H,29,30)(H,31,34)(H,32,36)(H,33,35)(H,37,38). The largest absolute Gasteiger partial charge is 0.480 e. The topological polar surface area (TPSA) is 179 Å². The zero-order chi connectivity index (χ0) is 28.2. The van der Waals surface area contributed by atoms with Gasteiger partial charge in [0.15, 0.2) is 0 Å². The molecule has 2 rings (SSSR count). The summed E-state index contributed by atoms with van der Waals surface area (Å²) in [7, 11) is 0. The van der Waals surface area contributed by atoms with Gasteiger partial charge in [0.2, 0.25) is 17.7 Å². The molecule has 0 spiro atoms. The summed E-state index contributed by atoms with van der Waals surface area (Å²) in [6.07, 6.45) is 3.90. The number of hydrogen-bond donors (Lipinski definition) is 6. The summed E-state index contributed by atoms with van der Waals surface area (Å²) in [5.41, 5.74) is 7.41. The minimum absolute atomic E-state index is 0.0302. The van der Waals surface area contributed by atoms with Crippen LogP contribution in [-0.4, -0.2) is 62.9 Å². The van der Waals surface area contributed by atoms with Gasteiger partial charge >= 0.3 is 5.97 Å². The lowest BCUT2D eigenvalue weighted by Crippen LogP contribution is -2.58. The molecule has 11 heteroatoms. The second kappa shape index (κ2) is 14.9. The molecule has 208 valence electrons. The molecule has 4 unspecified atom stereocenters. The SMILES string of the molecule is CC(C)CC(N)C(=O)NC(Cc1cnc[nH]1)C(=O)NC(Cc1ccccc1)C(=O)NC(CC(C)C)C(=O)O. The van der Waals surface area contributed by atoms with Crippen molar-refractivity contribution < 1.29 is 24.3 Å². The molecule has 3 amide bonds. The van der Waals surface area contributed by atoms with E-state index in [2.05, 4.69) is 25.9 Å². The molecule has 4 atom stereocenters. The van der Waals surface area contributed by atoms with Gasteiger partial charge < -0.3 is 31.8 Å². The number of amides is 3. The first kappa shape index (κ1) is 30.5. The zero-order valence-electron chi connectivity index (χ0n) is 22.4. The molecule has 7 N–H and O–H groups in total. The summed E-state index contributed by atoms with van der Waals surface area (Å²) in [4.78, 5) is 58.1. The summed E-state index contributed by atoms with van der Waals surface area (Å²) in [5.74, 6) is -2.65. The lowest BCUT2D eigenvalue weighted by molar-refractivity contribution is -0.142. The van der Waals surface area contributed by atoms with Crippen molar-refractivity contribution in [3.05, 3.63) is 54.1 Å². The number of aromatic amines is 1. The van der Waals surface area contributed by atoms with E-state index in [0.717, 1.165) is 5.56 Å². The van der Waals surface area contributed by atoms with Crippen LogP contribution in [-0.2, 0) is 32.0 Å². The first-order valence-electron chi connectivity index (χ1n) is 12.9. The third-order valence-electron chi connectivity index (χ3n) is 5.91. The van der Waals surface area contributed by atoms with E-state index in [1.54, 1.807) is 0 Å². The molecule has 1 heterocycles. The van der Waals surface area contributed by atoms with Gasteiger partial charge in [-0.25, -0.2) is 9.78 Å². The number of nitrogens with one attached hydrogen (secondary N) is 4. The van der Waals surface area contributed by atoms with Crippen LogP contribution in [0.4, 0.5) is 0 Å². The Labute approximate surface area is 223 Å². The van der Waals surface area contributed by atoms with Crippen LogP contribution in [0.1, 0.15) is 51.8 Å². The number of carboxylic acid groups (broad SMARTS) is 1. The molecular formula is C27H40N6O5. The molecule has 0 aliphatic rings. The maximum Gasteiger partial charge on any atom is 0.326 e. The van der Waals surface area contributed by atoms with Gasteiger partial charge in [-0.2, -0.15) is 0 Å². The molecule has 1 aromatic heterocycles. The highest BCUT2D eigenvalue weighted by Gasteiger charge is 2.31. The highest BCUT2D eigenvalue weighted by molar-refractivity contribution is 5.94. The molecule has 0 aliphatic carbocycles. The van der Waals surface area contributed by atoms with Crippen molar-refractivity contribution in [2.75, 3.05) is 0 Å². The Kier molecular flexibility index (Phi) is 11.9. The number of hydrogen-bond acceptors (Lipinski definition) is 6. The van der Waals surface area contributed by atoms with E-state index < -0.39 is 47.9 Å². The number of H-pyrrole nitrogens is 1. The van der Waals surface area contributed by atoms with E-state index in [9.17, 15) is 24.3 Å². The van der Waals surface area contributed by atoms with E-state index in [1.807, 2.05) is 58.0 Å².